The molecule has 0 aliphatic rings. The Morgan fingerprint density at radius 2 is 2.20 bits per heavy atom. The van der Waals surface area contributed by atoms with Crippen LogP contribution < -0.4 is 0 Å². The first-order chi connectivity index (χ1) is 9.60. The molecular formula is C13H14BrClN4S. The molecule has 106 valence electrons. The third kappa shape index (κ3) is 2.40. The van der Waals surface area contributed by atoms with E-state index in [2.05, 4.69) is 37.7 Å². The first kappa shape index (κ1) is 14.1. The number of alkyl halides is 1. The number of hydrogen-bond donors (Lipinski definition) is 0. The van der Waals surface area contributed by atoms with Crippen molar-refractivity contribution >= 4 is 50.0 Å². The van der Waals surface area contributed by atoms with E-state index in [1.807, 2.05) is 18.7 Å². The molecule has 3 aromatic heterocycles. The van der Waals surface area contributed by atoms with Crippen LogP contribution in [0.1, 0.15) is 16.4 Å². The fraction of sp³-hybridized carbons (Fsp3) is 0.385. The maximum atomic E-state index is 5.91. The Balaban J connectivity index is 2.12. The predicted molar refractivity (Wildman–Crippen MR) is 86.8 cm³/mol. The Hall–Kier alpha value is -0.850. The summed E-state index contributed by atoms with van der Waals surface area (Å²) in [6.07, 6.45) is 0.766. The van der Waals surface area contributed by atoms with Gasteiger partial charge in [-0.05, 0) is 35.0 Å². The molecule has 3 rings (SSSR count). The van der Waals surface area contributed by atoms with E-state index < -0.39 is 0 Å². The van der Waals surface area contributed by atoms with Crippen molar-refractivity contribution < 1.29 is 0 Å². The van der Waals surface area contributed by atoms with E-state index in [0.29, 0.717) is 5.88 Å². The minimum absolute atomic E-state index is 0.573. The number of thiophene rings is 1. The third-order valence-electron chi connectivity index (χ3n) is 3.23. The maximum Gasteiger partial charge on any atom is 0.159 e. The standard InChI is InChI=1S/C13H14BrClN4S/c1-8-12-13(18(2)17-8)19(11(16-12)5-6-15)7-9-3-4-10(14)20-9/h3-4H,5-7H2,1-2H3. The number of rotatable bonds is 4. The zero-order valence-corrected chi connectivity index (χ0v) is 14.4. The summed E-state index contributed by atoms with van der Waals surface area (Å²) in [5.74, 6) is 1.60. The Morgan fingerprint density at radius 1 is 1.40 bits per heavy atom. The van der Waals surface area contributed by atoms with Crippen molar-refractivity contribution in [2.45, 2.75) is 19.9 Å². The van der Waals surface area contributed by atoms with Crippen molar-refractivity contribution in [1.29, 1.82) is 0 Å². The van der Waals surface area contributed by atoms with Crippen molar-refractivity contribution in [3.05, 3.63) is 32.3 Å². The van der Waals surface area contributed by atoms with E-state index in [4.69, 9.17) is 16.6 Å². The molecule has 7 heteroatoms. The molecular weight excluding hydrogens is 360 g/mol. The lowest BCUT2D eigenvalue weighted by atomic mass is 10.4. The summed E-state index contributed by atoms with van der Waals surface area (Å²) >= 11 is 11.2. The topological polar surface area (TPSA) is 35.6 Å². The number of halogens is 2. The zero-order chi connectivity index (χ0) is 14.3. The van der Waals surface area contributed by atoms with Crippen LogP contribution in [0.3, 0.4) is 0 Å². The van der Waals surface area contributed by atoms with Crippen LogP contribution >= 0.6 is 38.9 Å². The van der Waals surface area contributed by atoms with Crippen LogP contribution in [0.4, 0.5) is 0 Å². The van der Waals surface area contributed by atoms with Crippen molar-refractivity contribution in [2.24, 2.45) is 7.05 Å². The summed E-state index contributed by atoms with van der Waals surface area (Å²) in [6, 6.07) is 4.21. The molecule has 3 aromatic rings. The van der Waals surface area contributed by atoms with Crippen LogP contribution in [0.25, 0.3) is 11.2 Å². The zero-order valence-electron chi connectivity index (χ0n) is 11.2. The first-order valence-corrected chi connectivity index (χ1v) is 8.43. The number of nitrogens with zero attached hydrogens (tertiary/aromatic N) is 4. The van der Waals surface area contributed by atoms with Crippen molar-refractivity contribution in [1.82, 2.24) is 19.3 Å². The first-order valence-electron chi connectivity index (χ1n) is 6.29. The molecule has 20 heavy (non-hydrogen) atoms. The minimum Gasteiger partial charge on any atom is -0.308 e. The molecule has 0 radical (unpaired) electrons. The molecule has 0 spiro atoms. The highest BCUT2D eigenvalue weighted by Crippen LogP contribution is 2.26. The van der Waals surface area contributed by atoms with Crippen LogP contribution in [0.2, 0.25) is 0 Å². The number of hydrogen-bond acceptors (Lipinski definition) is 3. The highest BCUT2D eigenvalue weighted by Gasteiger charge is 2.17. The number of aryl methyl sites for hydroxylation is 3. The SMILES string of the molecule is Cc1nn(C)c2c1nc(CCCl)n2Cc1ccc(Br)s1. The second-order valence-corrected chi connectivity index (χ2v) is 7.57. The fourth-order valence-corrected chi connectivity index (χ4v) is 4.06. The van der Waals surface area contributed by atoms with Crippen LogP contribution in [-0.4, -0.2) is 25.2 Å². The van der Waals surface area contributed by atoms with Gasteiger partial charge in [0.25, 0.3) is 0 Å². The summed E-state index contributed by atoms with van der Waals surface area (Å²) in [5.41, 5.74) is 3.00. The van der Waals surface area contributed by atoms with E-state index in [1.165, 1.54) is 4.88 Å². The smallest absolute Gasteiger partial charge is 0.159 e. The molecule has 0 aliphatic heterocycles. The van der Waals surface area contributed by atoms with Gasteiger partial charge in [0.05, 0.1) is 16.0 Å². The van der Waals surface area contributed by atoms with Crippen LogP contribution in [0, 0.1) is 6.92 Å². The summed E-state index contributed by atoms with van der Waals surface area (Å²) in [4.78, 5) is 6.00. The molecule has 4 nitrogen and oxygen atoms in total. The summed E-state index contributed by atoms with van der Waals surface area (Å²) in [6.45, 7) is 2.80. The molecule has 3 heterocycles. The molecule has 0 unspecified atom stereocenters. The van der Waals surface area contributed by atoms with Gasteiger partial charge in [-0.3, -0.25) is 4.68 Å². The van der Waals surface area contributed by atoms with E-state index in [-0.39, 0.29) is 0 Å². The number of aromatic nitrogens is 4. The Labute approximate surface area is 134 Å². The molecule has 0 aliphatic carbocycles. The summed E-state index contributed by atoms with van der Waals surface area (Å²) in [5, 5.41) is 4.45. The van der Waals surface area contributed by atoms with Crippen molar-refractivity contribution in [3.63, 3.8) is 0 Å². The molecule has 0 fully saturated rings. The molecule has 0 bridgehead atoms. The van der Waals surface area contributed by atoms with Crippen molar-refractivity contribution in [2.75, 3.05) is 5.88 Å². The Morgan fingerprint density at radius 3 is 2.85 bits per heavy atom. The second kappa shape index (κ2) is 5.50. The quantitative estimate of drug-likeness (QED) is 0.653. The number of fused-ring (bicyclic) bond motifs is 1. The van der Waals surface area contributed by atoms with Gasteiger partial charge in [-0.15, -0.1) is 22.9 Å². The predicted octanol–water partition coefficient (Wildman–Crippen LogP) is 3.73. The lowest BCUT2D eigenvalue weighted by Gasteiger charge is -2.07. The van der Waals surface area contributed by atoms with E-state index >= 15 is 0 Å². The van der Waals surface area contributed by atoms with Gasteiger partial charge in [0.1, 0.15) is 11.3 Å². The minimum atomic E-state index is 0.573. The van der Waals surface area contributed by atoms with Gasteiger partial charge in [-0.1, -0.05) is 0 Å². The lowest BCUT2D eigenvalue weighted by molar-refractivity contribution is 0.696. The average Bonchev–Trinajstić information content (AvgIpc) is 3.02. The largest absolute Gasteiger partial charge is 0.308 e. The highest BCUT2D eigenvalue weighted by molar-refractivity contribution is 9.11. The Bertz CT molecular complexity index is 758. The molecule has 0 saturated carbocycles. The summed E-state index contributed by atoms with van der Waals surface area (Å²) in [7, 11) is 1.96. The lowest BCUT2D eigenvalue weighted by Crippen LogP contribution is -2.08. The molecule has 0 aromatic carbocycles. The summed E-state index contributed by atoms with van der Waals surface area (Å²) < 4.78 is 5.26. The molecule has 0 N–H and O–H groups in total. The highest BCUT2D eigenvalue weighted by atomic mass is 79.9. The monoisotopic (exact) mass is 372 g/mol. The number of imidazole rings is 1. The normalized spacial score (nSPS) is 11.6. The van der Waals surface area contributed by atoms with Gasteiger partial charge in [0.2, 0.25) is 0 Å². The molecule has 0 atom stereocenters. The van der Waals surface area contributed by atoms with Gasteiger partial charge >= 0.3 is 0 Å². The van der Waals surface area contributed by atoms with E-state index in [9.17, 15) is 0 Å². The van der Waals surface area contributed by atoms with Gasteiger partial charge in [-0.25, -0.2) is 4.98 Å². The van der Waals surface area contributed by atoms with Gasteiger partial charge in [0.15, 0.2) is 5.65 Å². The van der Waals surface area contributed by atoms with Gasteiger partial charge < -0.3 is 4.57 Å². The Kier molecular flexibility index (Phi) is 3.88. The van der Waals surface area contributed by atoms with Crippen LogP contribution in [0.5, 0.6) is 0 Å². The van der Waals surface area contributed by atoms with Crippen LogP contribution in [0.15, 0.2) is 15.9 Å². The molecule has 0 amide bonds. The van der Waals surface area contributed by atoms with Gasteiger partial charge in [0, 0.05) is 24.2 Å². The second-order valence-electron chi connectivity index (χ2n) is 4.64. The van der Waals surface area contributed by atoms with Crippen molar-refractivity contribution in [3.8, 4) is 0 Å². The van der Waals surface area contributed by atoms with E-state index in [0.717, 1.165) is 39.4 Å². The maximum absolute atomic E-state index is 5.91. The van der Waals surface area contributed by atoms with Crippen LogP contribution in [-0.2, 0) is 20.0 Å². The van der Waals surface area contributed by atoms with Gasteiger partial charge in [-0.2, -0.15) is 5.10 Å². The third-order valence-corrected chi connectivity index (χ3v) is 5.03. The average molecular weight is 374 g/mol. The fourth-order valence-electron chi connectivity index (χ4n) is 2.41. The van der Waals surface area contributed by atoms with E-state index in [1.54, 1.807) is 11.3 Å². The molecule has 0 saturated heterocycles.